The van der Waals surface area contributed by atoms with Crippen molar-refractivity contribution >= 4 is 23.5 Å². The van der Waals surface area contributed by atoms with Gasteiger partial charge in [0.2, 0.25) is 11.8 Å². The second-order valence-electron chi connectivity index (χ2n) is 4.79. The zero-order valence-electron chi connectivity index (χ0n) is 10.8. The van der Waals surface area contributed by atoms with E-state index in [1.54, 1.807) is 13.8 Å². The van der Waals surface area contributed by atoms with Crippen molar-refractivity contribution in [1.29, 1.82) is 0 Å². The van der Waals surface area contributed by atoms with E-state index in [9.17, 15) is 23.2 Å². The van der Waals surface area contributed by atoms with Gasteiger partial charge in [0.1, 0.15) is 17.6 Å². The average molecular weight is 282 g/mol. The lowest BCUT2D eigenvalue weighted by Crippen LogP contribution is -2.59. The molecule has 1 fully saturated rings. The fraction of sp³-hybridized carbons (Fsp3) is 0.308. The van der Waals surface area contributed by atoms with Gasteiger partial charge in [0, 0.05) is 6.07 Å². The number of anilines is 1. The smallest absolute Gasteiger partial charge is 0.277 e. The van der Waals surface area contributed by atoms with Crippen molar-refractivity contribution in [3.05, 3.63) is 29.8 Å². The van der Waals surface area contributed by atoms with Gasteiger partial charge in [0.05, 0.1) is 5.69 Å². The van der Waals surface area contributed by atoms with Gasteiger partial charge in [-0.25, -0.2) is 18.5 Å². The average Bonchev–Trinajstić information content (AvgIpc) is 2.32. The minimum atomic E-state index is -1.12. The highest BCUT2D eigenvalue weighted by Gasteiger charge is 2.43. The van der Waals surface area contributed by atoms with Crippen molar-refractivity contribution in [2.75, 3.05) is 4.90 Å². The summed E-state index contributed by atoms with van der Waals surface area (Å²) in [5, 5.41) is 1.97. The van der Waals surface area contributed by atoms with Crippen LogP contribution in [0.15, 0.2) is 18.2 Å². The van der Waals surface area contributed by atoms with Gasteiger partial charge >= 0.3 is 6.03 Å². The molecule has 1 unspecified atom stereocenters. The minimum absolute atomic E-state index is 0.380. The number of halogens is 2. The summed E-state index contributed by atoms with van der Waals surface area (Å²) in [7, 11) is 0. The highest BCUT2D eigenvalue weighted by atomic mass is 19.1. The normalized spacial score (nSPS) is 19.6. The number of benzene rings is 1. The molecule has 0 radical (unpaired) electrons. The van der Waals surface area contributed by atoms with Crippen molar-refractivity contribution in [3.8, 4) is 0 Å². The maximum Gasteiger partial charge on any atom is 0.335 e. The largest absolute Gasteiger partial charge is 0.335 e. The molecule has 1 saturated heterocycles. The molecule has 7 heteroatoms. The number of amides is 4. The van der Waals surface area contributed by atoms with Crippen LogP contribution in [-0.2, 0) is 9.59 Å². The van der Waals surface area contributed by atoms with Gasteiger partial charge in [-0.15, -0.1) is 0 Å². The molecule has 0 saturated carbocycles. The molecular weight excluding hydrogens is 270 g/mol. The Hall–Kier alpha value is -2.31. The van der Waals surface area contributed by atoms with Crippen LogP contribution in [0.4, 0.5) is 19.3 Å². The molecule has 1 aliphatic rings. The van der Waals surface area contributed by atoms with Crippen LogP contribution in [0.3, 0.4) is 0 Å². The van der Waals surface area contributed by atoms with E-state index in [0.29, 0.717) is 4.90 Å². The highest BCUT2D eigenvalue weighted by Crippen LogP contribution is 2.27. The molecule has 2 rings (SSSR count). The van der Waals surface area contributed by atoms with Crippen molar-refractivity contribution < 1.29 is 23.2 Å². The second-order valence-corrected chi connectivity index (χ2v) is 4.79. The number of hydrogen-bond donors (Lipinski definition) is 1. The molecular formula is C13H12F2N2O3. The van der Waals surface area contributed by atoms with Gasteiger partial charge in [0.15, 0.2) is 0 Å². The Labute approximate surface area is 113 Å². The third-order valence-electron chi connectivity index (χ3n) is 3.02. The zero-order chi connectivity index (χ0) is 15.0. The highest BCUT2D eigenvalue weighted by molar-refractivity contribution is 6.27. The Morgan fingerprint density at radius 1 is 1.20 bits per heavy atom. The maximum absolute atomic E-state index is 13.7. The minimum Gasteiger partial charge on any atom is -0.277 e. The van der Waals surface area contributed by atoms with Gasteiger partial charge in [0.25, 0.3) is 0 Å². The van der Waals surface area contributed by atoms with Crippen LogP contribution in [-0.4, -0.2) is 17.8 Å². The number of urea groups is 1. The Bertz CT molecular complexity index is 601. The topological polar surface area (TPSA) is 66.5 Å². The Morgan fingerprint density at radius 3 is 2.45 bits per heavy atom. The van der Waals surface area contributed by atoms with E-state index in [4.69, 9.17) is 0 Å². The summed E-state index contributed by atoms with van der Waals surface area (Å²) in [5.41, 5.74) is -0.509. The molecule has 1 aromatic rings. The van der Waals surface area contributed by atoms with Crippen LogP contribution in [0, 0.1) is 23.5 Å². The van der Waals surface area contributed by atoms with Crippen molar-refractivity contribution in [2.45, 2.75) is 13.8 Å². The van der Waals surface area contributed by atoms with Crippen LogP contribution in [0.25, 0.3) is 0 Å². The summed E-state index contributed by atoms with van der Waals surface area (Å²) < 4.78 is 26.9. The number of carbonyl (C=O) groups excluding carboxylic acids is 3. The number of nitrogens with one attached hydrogen (secondary N) is 1. The van der Waals surface area contributed by atoms with Crippen molar-refractivity contribution in [3.63, 3.8) is 0 Å². The predicted molar refractivity (Wildman–Crippen MR) is 65.7 cm³/mol. The third-order valence-corrected chi connectivity index (χ3v) is 3.02. The first kappa shape index (κ1) is 14.1. The van der Waals surface area contributed by atoms with Gasteiger partial charge < -0.3 is 0 Å². The maximum atomic E-state index is 13.7. The van der Waals surface area contributed by atoms with Crippen LogP contribution >= 0.6 is 0 Å². The summed E-state index contributed by atoms with van der Waals surface area (Å²) >= 11 is 0. The van der Waals surface area contributed by atoms with Crippen LogP contribution < -0.4 is 10.2 Å². The van der Waals surface area contributed by atoms with Crippen LogP contribution in [0.5, 0.6) is 0 Å². The molecule has 1 aliphatic heterocycles. The quantitative estimate of drug-likeness (QED) is 0.841. The van der Waals surface area contributed by atoms with E-state index >= 15 is 0 Å². The number of nitrogens with zero attached hydrogens (tertiary/aromatic N) is 1. The first-order valence-corrected chi connectivity index (χ1v) is 5.96. The lowest BCUT2D eigenvalue weighted by Gasteiger charge is -2.31. The molecule has 20 heavy (non-hydrogen) atoms. The zero-order valence-corrected chi connectivity index (χ0v) is 10.8. The number of carbonyl (C=O) groups is 3. The lowest BCUT2D eigenvalue weighted by atomic mass is 9.92. The summed E-state index contributed by atoms with van der Waals surface area (Å²) in [6.45, 7) is 3.25. The fourth-order valence-electron chi connectivity index (χ4n) is 2.06. The lowest BCUT2D eigenvalue weighted by molar-refractivity contribution is -0.136. The Morgan fingerprint density at radius 2 is 1.85 bits per heavy atom. The summed E-state index contributed by atoms with van der Waals surface area (Å²) in [6.07, 6.45) is 0. The van der Waals surface area contributed by atoms with Crippen molar-refractivity contribution in [1.82, 2.24) is 5.32 Å². The van der Waals surface area contributed by atoms with E-state index < -0.39 is 41.1 Å². The summed E-state index contributed by atoms with van der Waals surface area (Å²) in [5.74, 6) is -4.81. The van der Waals surface area contributed by atoms with Crippen molar-refractivity contribution in [2.24, 2.45) is 11.8 Å². The molecule has 4 amide bonds. The first-order chi connectivity index (χ1) is 9.32. The van der Waals surface area contributed by atoms with Gasteiger partial charge in [-0.05, 0) is 18.1 Å². The molecule has 1 atom stereocenters. The van der Waals surface area contributed by atoms with E-state index in [-0.39, 0.29) is 5.92 Å². The number of barbiturate groups is 1. The second kappa shape index (κ2) is 4.99. The Balaban J connectivity index is 2.49. The van der Waals surface area contributed by atoms with E-state index in [0.717, 1.165) is 18.2 Å². The fourth-order valence-corrected chi connectivity index (χ4v) is 2.06. The third kappa shape index (κ3) is 2.26. The van der Waals surface area contributed by atoms with E-state index in [1.165, 1.54) is 0 Å². The predicted octanol–water partition coefficient (Wildman–Crippen LogP) is 1.82. The van der Waals surface area contributed by atoms with Gasteiger partial charge in [-0.2, -0.15) is 0 Å². The molecule has 1 heterocycles. The molecule has 1 N–H and O–H groups in total. The molecule has 0 bridgehead atoms. The number of imide groups is 2. The van der Waals surface area contributed by atoms with Gasteiger partial charge in [-0.3, -0.25) is 14.9 Å². The van der Waals surface area contributed by atoms with Crippen LogP contribution in [0.2, 0.25) is 0 Å². The van der Waals surface area contributed by atoms with E-state index in [1.807, 2.05) is 5.32 Å². The molecule has 106 valence electrons. The monoisotopic (exact) mass is 282 g/mol. The molecule has 0 aliphatic carbocycles. The molecule has 0 spiro atoms. The standard InChI is InChI=1S/C13H12F2N2O3/c1-6(2)10-11(18)16-13(20)17(12(10)19)9-5-7(14)3-4-8(9)15/h3-6,10H,1-2H3,(H,16,18,20). The molecule has 0 aromatic heterocycles. The summed E-state index contributed by atoms with van der Waals surface area (Å²) in [4.78, 5) is 36.0. The first-order valence-electron chi connectivity index (χ1n) is 5.96. The molecule has 5 nitrogen and oxygen atoms in total. The van der Waals surface area contributed by atoms with Gasteiger partial charge in [-0.1, -0.05) is 13.8 Å². The number of rotatable bonds is 2. The summed E-state index contributed by atoms with van der Waals surface area (Å²) in [6, 6.07) is 1.34. The van der Waals surface area contributed by atoms with Crippen LogP contribution in [0.1, 0.15) is 13.8 Å². The Kier molecular flexibility index (Phi) is 3.52. The molecule has 1 aromatic carbocycles. The SMILES string of the molecule is CC(C)C1C(=O)NC(=O)N(c2cc(F)ccc2F)C1=O. The van der Waals surface area contributed by atoms with E-state index in [2.05, 4.69) is 0 Å². The number of hydrogen-bond acceptors (Lipinski definition) is 3.